The Kier molecular flexibility index (Phi) is 7.58. The van der Waals surface area contributed by atoms with Crippen LogP contribution in [0.2, 0.25) is 0 Å². The van der Waals surface area contributed by atoms with Gasteiger partial charge in [-0.3, -0.25) is 9.59 Å². The van der Waals surface area contributed by atoms with Gasteiger partial charge in [-0.05, 0) is 59.5 Å². The lowest BCUT2D eigenvalue weighted by Gasteiger charge is -2.15. The van der Waals surface area contributed by atoms with Crippen molar-refractivity contribution in [2.45, 2.75) is 17.4 Å². The summed E-state index contributed by atoms with van der Waals surface area (Å²) in [5.74, 6) is -1.46. The number of rotatable bonds is 9. The summed E-state index contributed by atoms with van der Waals surface area (Å²) in [4.78, 5) is 24.0. The molecule has 1 atom stereocenters. The summed E-state index contributed by atoms with van der Waals surface area (Å²) in [7, 11) is -4.05. The van der Waals surface area contributed by atoms with Gasteiger partial charge < -0.3 is 10.4 Å². The van der Waals surface area contributed by atoms with Gasteiger partial charge in [0.15, 0.2) is 0 Å². The maximum atomic E-state index is 12.8. The van der Waals surface area contributed by atoms with E-state index in [1.807, 2.05) is 18.2 Å². The number of nitrogens with one attached hydrogen (secondary N) is 2. The Morgan fingerprint density at radius 3 is 1.81 bits per heavy atom. The minimum absolute atomic E-state index is 0.0284. The molecular formula is C28H24N2O5S. The van der Waals surface area contributed by atoms with Crippen molar-refractivity contribution in [3.63, 3.8) is 0 Å². The Balaban J connectivity index is 1.44. The van der Waals surface area contributed by atoms with E-state index in [1.165, 1.54) is 12.1 Å². The lowest BCUT2D eigenvalue weighted by atomic mass is 10.1. The third kappa shape index (κ3) is 6.24. The first-order chi connectivity index (χ1) is 17.3. The van der Waals surface area contributed by atoms with Gasteiger partial charge in [-0.1, -0.05) is 72.8 Å². The second-order valence-corrected chi connectivity index (χ2v) is 9.84. The second kappa shape index (κ2) is 11.0. The predicted octanol–water partition coefficient (Wildman–Crippen LogP) is 4.58. The first-order valence-corrected chi connectivity index (χ1v) is 12.7. The van der Waals surface area contributed by atoms with Gasteiger partial charge in [-0.2, -0.15) is 4.72 Å². The lowest BCUT2D eigenvalue weighted by Crippen LogP contribution is -2.42. The van der Waals surface area contributed by atoms with Gasteiger partial charge in [0.2, 0.25) is 10.0 Å². The quantitative estimate of drug-likeness (QED) is 0.311. The fourth-order valence-corrected chi connectivity index (χ4v) is 4.84. The van der Waals surface area contributed by atoms with Crippen molar-refractivity contribution < 1.29 is 23.1 Å². The molecule has 0 bridgehead atoms. The molecule has 0 unspecified atom stereocenters. The topological polar surface area (TPSA) is 113 Å². The zero-order valence-electron chi connectivity index (χ0n) is 19.2. The van der Waals surface area contributed by atoms with E-state index in [-0.39, 0.29) is 17.2 Å². The number of carbonyl (C=O) groups is 2. The number of benzene rings is 4. The third-order valence-electron chi connectivity index (χ3n) is 5.55. The van der Waals surface area contributed by atoms with E-state index in [2.05, 4.69) is 10.0 Å². The summed E-state index contributed by atoms with van der Waals surface area (Å²) >= 11 is 0. The molecule has 0 aromatic heterocycles. The molecule has 0 aliphatic carbocycles. The highest BCUT2D eigenvalue weighted by Gasteiger charge is 2.25. The Hall–Kier alpha value is -4.27. The largest absolute Gasteiger partial charge is 0.480 e. The van der Waals surface area contributed by atoms with Gasteiger partial charge in [0, 0.05) is 11.3 Å². The number of hydrogen-bond acceptors (Lipinski definition) is 4. The van der Waals surface area contributed by atoms with Crippen LogP contribution in [-0.4, -0.2) is 31.4 Å². The monoisotopic (exact) mass is 500 g/mol. The van der Waals surface area contributed by atoms with Crippen LogP contribution in [0.5, 0.6) is 0 Å². The zero-order chi connectivity index (χ0) is 25.5. The van der Waals surface area contributed by atoms with Gasteiger partial charge in [0.1, 0.15) is 6.04 Å². The fourth-order valence-electron chi connectivity index (χ4n) is 3.65. The van der Waals surface area contributed by atoms with Crippen LogP contribution in [0.15, 0.2) is 114 Å². The van der Waals surface area contributed by atoms with Gasteiger partial charge in [-0.15, -0.1) is 0 Å². The maximum absolute atomic E-state index is 12.8. The molecule has 4 rings (SSSR count). The molecule has 3 N–H and O–H groups in total. The molecule has 0 saturated heterocycles. The first-order valence-electron chi connectivity index (χ1n) is 11.2. The van der Waals surface area contributed by atoms with Crippen molar-refractivity contribution in [3.8, 4) is 11.1 Å². The van der Waals surface area contributed by atoms with Crippen LogP contribution in [0.25, 0.3) is 11.1 Å². The highest BCUT2D eigenvalue weighted by molar-refractivity contribution is 7.89. The summed E-state index contributed by atoms with van der Waals surface area (Å²) in [5.41, 5.74) is 3.51. The smallest absolute Gasteiger partial charge is 0.322 e. The van der Waals surface area contributed by atoms with E-state index in [0.717, 1.165) is 11.1 Å². The highest BCUT2D eigenvalue weighted by atomic mass is 32.2. The molecule has 1 amide bonds. The SMILES string of the molecule is O=C(Nc1ccc(-c2ccc(S(=O)(=O)N[C@H](Cc3ccccc3)C(=O)O)cc2)cc1)c1ccccc1. The number of carboxylic acids is 1. The molecule has 36 heavy (non-hydrogen) atoms. The van der Waals surface area contributed by atoms with Gasteiger partial charge in [0.25, 0.3) is 5.91 Å². The van der Waals surface area contributed by atoms with E-state index < -0.39 is 22.0 Å². The van der Waals surface area contributed by atoms with E-state index in [9.17, 15) is 23.1 Å². The summed E-state index contributed by atoms with van der Waals surface area (Å²) in [5, 5.41) is 12.4. The van der Waals surface area contributed by atoms with Gasteiger partial charge in [-0.25, -0.2) is 8.42 Å². The van der Waals surface area contributed by atoms with Crippen LogP contribution in [0.4, 0.5) is 5.69 Å². The summed E-state index contributed by atoms with van der Waals surface area (Å²) in [6, 6.07) is 29.8. The number of hydrogen-bond donors (Lipinski definition) is 3. The number of carbonyl (C=O) groups excluding carboxylic acids is 1. The molecule has 8 heteroatoms. The second-order valence-electron chi connectivity index (χ2n) is 8.12. The van der Waals surface area contributed by atoms with Gasteiger partial charge in [0.05, 0.1) is 4.90 Å². The average Bonchev–Trinajstić information content (AvgIpc) is 2.90. The predicted molar refractivity (Wildman–Crippen MR) is 138 cm³/mol. The van der Waals surface area contributed by atoms with Crippen LogP contribution in [0.3, 0.4) is 0 Å². The molecule has 0 aliphatic heterocycles. The molecule has 4 aromatic carbocycles. The Labute approximate surface area is 209 Å². The molecule has 0 radical (unpaired) electrons. The number of aliphatic carboxylic acids is 1. The minimum atomic E-state index is -4.05. The Morgan fingerprint density at radius 1 is 0.722 bits per heavy atom. The van der Waals surface area contributed by atoms with Crippen molar-refractivity contribution in [1.82, 2.24) is 4.72 Å². The van der Waals surface area contributed by atoms with E-state index in [1.54, 1.807) is 78.9 Å². The van der Waals surface area contributed by atoms with Crippen LogP contribution < -0.4 is 10.0 Å². The van der Waals surface area contributed by atoms with E-state index in [4.69, 9.17) is 0 Å². The molecule has 0 fully saturated rings. The van der Waals surface area contributed by atoms with E-state index in [0.29, 0.717) is 16.8 Å². The van der Waals surface area contributed by atoms with E-state index >= 15 is 0 Å². The standard InChI is InChI=1S/C28H24N2O5S/c31-27(23-9-5-2-6-10-23)29-24-15-11-21(12-16-24)22-13-17-25(18-14-22)36(34,35)30-26(28(32)33)19-20-7-3-1-4-8-20/h1-18,26,30H,19H2,(H,29,31)(H,32,33)/t26-/m1/s1. The van der Waals surface area contributed by atoms with Crippen molar-refractivity contribution >= 4 is 27.6 Å². The van der Waals surface area contributed by atoms with Crippen molar-refractivity contribution in [3.05, 3.63) is 120 Å². The normalized spacial score (nSPS) is 12.0. The number of amides is 1. The summed E-state index contributed by atoms with van der Waals surface area (Å²) in [6.07, 6.45) is 0.0284. The Bertz CT molecular complexity index is 1440. The first kappa shape index (κ1) is 24.8. The lowest BCUT2D eigenvalue weighted by molar-refractivity contribution is -0.138. The van der Waals surface area contributed by atoms with Crippen molar-refractivity contribution in [2.75, 3.05) is 5.32 Å². The van der Waals surface area contributed by atoms with Gasteiger partial charge >= 0.3 is 5.97 Å². The molecule has 4 aromatic rings. The molecule has 0 heterocycles. The fraction of sp³-hybridized carbons (Fsp3) is 0.0714. The van der Waals surface area contributed by atoms with Crippen LogP contribution >= 0.6 is 0 Å². The number of carboxylic acid groups (broad SMARTS) is 1. The molecule has 0 saturated carbocycles. The van der Waals surface area contributed by atoms with Crippen molar-refractivity contribution in [2.24, 2.45) is 0 Å². The summed E-state index contributed by atoms with van der Waals surface area (Å²) in [6.45, 7) is 0. The molecule has 182 valence electrons. The summed E-state index contributed by atoms with van der Waals surface area (Å²) < 4.78 is 28.0. The molecule has 0 aliphatic rings. The van der Waals surface area contributed by atoms with Crippen molar-refractivity contribution in [1.29, 1.82) is 0 Å². The van der Waals surface area contributed by atoms with Crippen LogP contribution in [0, 0.1) is 0 Å². The molecule has 7 nitrogen and oxygen atoms in total. The van der Waals surface area contributed by atoms with Crippen LogP contribution in [-0.2, 0) is 21.2 Å². The van der Waals surface area contributed by atoms with Crippen LogP contribution in [0.1, 0.15) is 15.9 Å². The third-order valence-corrected chi connectivity index (χ3v) is 7.04. The maximum Gasteiger partial charge on any atom is 0.322 e. The highest BCUT2D eigenvalue weighted by Crippen LogP contribution is 2.24. The number of anilines is 1. The average molecular weight is 501 g/mol. The molecule has 0 spiro atoms. The molecular weight excluding hydrogens is 476 g/mol. The number of sulfonamides is 1. The zero-order valence-corrected chi connectivity index (χ0v) is 20.0. The Morgan fingerprint density at radius 2 is 1.25 bits per heavy atom. The minimum Gasteiger partial charge on any atom is -0.480 e.